The van der Waals surface area contributed by atoms with Crippen LogP contribution in [-0.4, -0.2) is 53.9 Å². The SMILES string of the molecule is CN1CCN(c2ccc(Nc3nc(N)c(C(=O)c4c(Cl)cncc4Cl)s3)cc2)CC1. The quantitative estimate of drug-likeness (QED) is 0.550. The number of nitrogens with zero attached hydrogens (tertiary/aromatic N) is 4. The van der Waals surface area contributed by atoms with Crippen molar-refractivity contribution < 1.29 is 4.79 Å². The molecule has 2 aromatic heterocycles. The number of halogens is 2. The first-order valence-electron chi connectivity index (χ1n) is 9.33. The molecule has 156 valence electrons. The number of benzene rings is 1. The number of pyridine rings is 1. The van der Waals surface area contributed by atoms with Crippen LogP contribution in [0, 0.1) is 0 Å². The van der Waals surface area contributed by atoms with Gasteiger partial charge in [-0.1, -0.05) is 34.5 Å². The smallest absolute Gasteiger partial charge is 0.209 e. The highest BCUT2D eigenvalue weighted by Gasteiger charge is 2.23. The second-order valence-electron chi connectivity index (χ2n) is 7.00. The Kier molecular flexibility index (Phi) is 6.10. The Bertz CT molecular complexity index is 1040. The molecule has 0 spiro atoms. The monoisotopic (exact) mass is 462 g/mol. The molecule has 0 unspecified atom stereocenters. The third kappa shape index (κ3) is 4.37. The van der Waals surface area contributed by atoms with Crippen molar-refractivity contribution in [2.24, 2.45) is 0 Å². The Morgan fingerprint density at radius 3 is 2.37 bits per heavy atom. The lowest BCUT2D eigenvalue weighted by Crippen LogP contribution is -2.44. The fourth-order valence-electron chi connectivity index (χ4n) is 3.23. The second kappa shape index (κ2) is 8.77. The van der Waals surface area contributed by atoms with Crippen LogP contribution in [0.3, 0.4) is 0 Å². The van der Waals surface area contributed by atoms with Crippen molar-refractivity contribution in [1.82, 2.24) is 14.9 Å². The summed E-state index contributed by atoms with van der Waals surface area (Å²) >= 11 is 13.4. The van der Waals surface area contributed by atoms with Gasteiger partial charge in [0.25, 0.3) is 0 Å². The Labute approximate surface area is 188 Å². The van der Waals surface area contributed by atoms with E-state index in [4.69, 9.17) is 28.9 Å². The van der Waals surface area contributed by atoms with E-state index in [0.29, 0.717) is 5.13 Å². The molecule has 1 saturated heterocycles. The van der Waals surface area contributed by atoms with Gasteiger partial charge in [-0.25, -0.2) is 4.98 Å². The molecule has 3 N–H and O–H groups in total. The third-order valence-corrected chi connectivity index (χ3v) is 6.49. The van der Waals surface area contributed by atoms with E-state index in [1.807, 2.05) is 12.1 Å². The van der Waals surface area contributed by atoms with Gasteiger partial charge >= 0.3 is 0 Å². The molecule has 1 aromatic carbocycles. The zero-order valence-corrected chi connectivity index (χ0v) is 18.6. The maximum absolute atomic E-state index is 12.9. The molecule has 0 amide bonds. The largest absolute Gasteiger partial charge is 0.382 e. The Morgan fingerprint density at radius 2 is 1.73 bits per heavy atom. The van der Waals surface area contributed by atoms with Gasteiger partial charge < -0.3 is 20.9 Å². The summed E-state index contributed by atoms with van der Waals surface area (Å²) in [5.74, 6) is -0.244. The van der Waals surface area contributed by atoms with Crippen LogP contribution in [0.4, 0.5) is 22.3 Å². The first kappa shape index (κ1) is 20.9. The lowest BCUT2D eigenvalue weighted by atomic mass is 10.1. The summed E-state index contributed by atoms with van der Waals surface area (Å²) in [7, 11) is 2.14. The van der Waals surface area contributed by atoms with Crippen LogP contribution in [0.25, 0.3) is 0 Å². The average Bonchev–Trinajstić information content (AvgIpc) is 3.09. The van der Waals surface area contributed by atoms with E-state index in [1.54, 1.807) is 0 Å². The molecular weight excluding hydrogens is 443 g/mol. The number of thiazole rings is 1. The number of ketones is 1. The summed E-state index contributed by atoms with van der Waals surface area (Å²) in [4.78, 5) is 26.0. The second-order valence-corrected chi connectivity index (χ2v) is 8.82. The number of anilines is 4. The molecule has 4 rings (SSSR count). The van der Waals surface area contributed by atoms with E-state index < -0.39 is 0 Å². The third-order valence-electron chi connectivity index (χ3n) is 4.93. The van der Waals surface area contributed by atoms with Gasteiger partial charge in [0.2, 0.25) is 5.78 Å². The van der Waals surface area contributed by atoms with E-state index in [1.165, 1.54) is 18.1 Å². The number of aromatic nitrogens is 2. The summed E-state index contributed by atoms with van der Waals surface area (Å²) in [5, 5.41) is 4.08. The number of nitrogens with one attached hydrogen (secondary N) is 1. The lowest BCUT2D eigenvalue weighted by molar-refractivity contribution is 0.104. The first-order valence-corrected chi connectivity index (χ1v) is 10.9. The van der Waals surface area contributed by atoms with Crippen molar-refractivity contribution in [2.75, 3.05) is 49.2 Å². The molecule has 3 heterocycles. The fourth-order valence-corrected chi connectivity index (χ4v) is 4.62. The molecular formula is C20H20Cl2N6OS. The predicted molar refractivity (Wildman–Crippen MR) is 124 cm³/mol. The lowest BCUT2D eigenvalue weighted by Gasteiger charge is -2.34. The van der Waals surface area contributed by atoms with Crippen LogP contribution in [0.15, 0.2) is 36.7 Å². The Hall–Kier alpha value is -2.39. The number of hydrogen-bond donors (Lipinski definition) is 2. The summed E-state index contributed by atoms with van der Waals surface area (Å²) < 4.78 is 0. The van der Waals surface area contributed by atoms with E-state index in [9.17, 15) is 4.79 Å². The topological polar surface area (TPSA) is 87.4 Å². The van der Waals surface area contributed by atoms with Gasteiger partial charge in [-0.3, -0.25) is 9.78 Å². The number of nitrogens with two attached hydrogens (primary N) is 1. The molecule has 7 nitrogen and oxygen atoms in total. The van der Waals surface area contributed by atoms with Crippen molar-refractivity contribution in [3.05, 3.63) is 57.1 Å². The Balaban J connectivity index is 1.49. The minimum atomic E-state index is -0.374. The van der Waals surface area contributed by atoms with E-state index in [-0.39, 0.29) is 32.1 Å². The maximum atomic E-state index is 12.9. The van der Waals surface area contributed by atoms with Crippen LogP contribution in [-0.2, 0) is 0 Å². The van der Waals surface area contributed by atoms with Gasteiger partial charge in [0.05, 0.1) is 15.6 Å². The van der Waals surface area contributed by atoms with Gasteiger partial charge in [-0.15, -0.1) is 0 Å². The van der Waals surface area contributed by atoms with Crippen LogP contribution in [0.2, 0.25) is 10.0 Å². The van der Waals surface area contributed by atoms with Gasteiger partial charge in [0.1, 0.15) is 10.7 Å². The number of piperazine rings is 1. The zero-order valence-electron chi connectivity index (χ0n) is 16.2. The number of hydrogen-bond acceptors (Lipinski definition) is 8. The van der Waals surface area contributed by atoms with Gasteiger partial charge in [-0.2, -0.15) is 0 Å². The summed E-state index contributed by atoms with van der Waals surface area (Å²) in [6.07, 6.45) is 2.75. The molecule has 0 atom stereocenters. The molecule has 0 aliphatic carbocycles. The van der Waals surface area contributed by atoms with E-state index >= 15 is 0 Å². The fraction of sp³-hybridized carbons (Fsp3) is 0.250. The molecule has 1 aliphatic rings. The summed E-state index contributed by atoms with van der Waals surface area (Å²) in [5.41, 5.74) is 8.21. The number of likely N-dealkylation sites (N-methyl/N-ethyl adjacent to an activating group) is 1. The molecule has 1 aliphatic heterocycles. The highest BCUT2D eigenvalue weighted by molar-refractivity contribution is 7.18. The van der Waals surface area contributed by atoms with E-state index in [0.717, 1.165) is 43.2 Å². The normalized spacial score (nSPS) is 14.7. The number of carbonyl (C=O) groups is 1. The van der Waals surface area contributed by atoms with Crippen molar-refractivity contribution in [2.45, 2.75) is 0 Å². The standard InChI is InChI=1S/C20H20Cl2N6OS/c1-27-6-8-28(9-7-27)13-4-2-12(3-5-13)25-20-26-19(23)18(30-20)17(29)16-14(21)10-24-11-15(16)22/h2-5,10-11H,6-9,23H2,1H3,(H,25,26). The zero-order chi connectivity index (χ0) is 21.3. The molecule has 3 aromatic rings. The Morgan fingerprint density at radius 1 is 1.10 bits per heavy atom. The minimum absolute atomic E-state index is 0.130. The molecule has 30 heavy (non-hydrogen) atoms. The number of carbonyl (C=O) groups excluding carboxylic acids is 1. The summed E-state index contributed by atoms with van der Waals surface area (Å²) in [6, 6.07) is 8.13. The van der Waals surface area contributed by atoms with E-state index in [2.05, 4.69) is 44.3 Å². The van der Waals surface area contributed by atoms with Gasteiger partial charge in [0, 0.05) is 49.9 Å². The van der Waals surface area contributed by atoms with Gasteiger partial charge in [-0.05, 0) is 31.3 Å². The van der Waals surface area contributed by atoms with Crippen LogP contribution < -0.4 is 16.0 Å². The maximum Gasteiger partial charge on any atom is 0.209 e. The van der Waals surface area contributed by atoms with Crippen molar-refractivity contribution in [3.63, 3.8) is 0 Å². The van der Waals surface area contributed by atoms with Crippen molar-refractivity contribution in [3.8, 4) is 0 Å². The van der Waals surface area contributed by atoms with Gasteiger partial charge in [0.15, 0.2) is 5.13 Å². The first-order chi connectivity index (χ1) is 14.4. The molecule has 1 fully saturated rings. The highest BCUT2D eigenvalue weighted by atomic mass is 35.5. The molecule has 10 heteroatoms. The summed E-state index contributed by atoms with van der Waals surface area (Å²) in [6.45, 7) is 4.14. The number of rotatable bonds is 5. The average molecular weight is 463 g/mol. The molecule has 0 bridgehead atoms. The minimum Gasteiger partial charge on any atom is -0.382 e. The number of nitrogen functional groups attached to an aromatic ring is 1. The van der Waals surface area contributed by atoms with Crippen LogP contribution in [0.1, 0.15) is 15.2 Å². The van der Waals surface area contributed by atoms with Crippen LogP contribution >= 0.6 is 34.5 Å². The predicted octanol–water partition coefficient (Wildman–Crippen LogP) is 4.15. The molecule has 0 saturated carbocycles. The van der Waals surface area contributed by atoms with Crippen molar-refractivity contribution >= 4 is 62.6 Å². The highest BCUT2D eigenvalue weighted by Crippen LogP contribution is 2.33. The molecule has 0 radical (unpaired) electrons. The van der Waals surface area contributed by atoms with Crippen LogP contribution in [0.5, 0.6) is 0 Å². The van der Waals surface area contributed by atoms with Crippen molar-refractivity contribution in [1.29, 1.82) is 0 Å².